The minimum absolute atomic E-state index is 0.241. The second-order valence-corrected chi connectivity index (χ2v) is 6.43. The average Bonchev–Trinajstić information content (AvgIpc) is 3.40. The van der Waals surface area contributed by atoms with E-state index in [0.717, 1.165) is 44.5 Å². The maximum Gasteiger partial charge on any atom is 0.225 e. The van der Waals surface area contributed by atoms with Gasteiger partial charge in [0.05, 0.1) is 13.2 Å². The summed E-state index contributed by atoms with van der Waals surface area (Å²) in [7, 11) is 3.46. The molecule has 1 saturated carbocycles. The molecule has 1 saturated heterocycles. The Morgan fingerprint density at radius 2 is 1.91 bits per heavy atom. The monoisotopic (exact) mass is 303 g/mol. The first kappa shape index (κ1) is 15.3. The lowest BCUT2D eigenvalue weighted by Gasteiger charge is -2.38. The highest BCUT2D eigenvalue weighted by Gasteiger charge is 2.38. The van der Waals surface area contributed by atoms with Crippen molar-refractivity contribution in [3.8, 4) is 5.75 Å². The van der Waals surface area contributed by atoms with E-state index in [1.165, 1.54) is 5.56 Å². The van der Waals surface area contributed by atoms with Gasteiger partial charge in [-0.2, -0.15) is 0 Å². The van der Waals surface area contributed by atoms with Gasteiger partial charge in [-0.15, -0.1) is 0 Å². The minimum Gasteiger partial charge on any atom is -0.497 e. The summed E-state index contributed by atoms with van der Waals surface area (Å²) >= 11 is 0. The van der Waals surface area contributed by atoms with Gasteiger partial charge in [0.1, 0.15) is 5.75 Å². The number of likely N-dealkylation sites (tertiary alicyclic amines) is 1. The summed E-state index contributed by atoms with van der Waals surface area (Å²) in [6.07, 6.45) is 4.27. The molecule has 1 aromatic carbocycles. The summed E-state index contributed by atoms with van der Waals surface area (Å²) in [4.78, 5) is 14.4. The molecule has 2 aliphatic rings. The standard InChI is InChI=1S/C18H25NO3/c1-21-16-7-3-13(4-8-16)11-15-12-19(10-9-17(15)22-2)18(20)14-5-6-14/h3-4,7-8,14-15,17H,5-6,9-12H2,1-2H3/t15-,17-/m1/s1. The van der Waals surface area contributed by atoms with Gasteiger partial charge >= 0.3 is 0 Å². The Hall–Kier alpha value is -1.55. The molecule has 3 rings (SSSR count). The number of rotatable bonds is 5. The second-order valence-electron chi connectivity index (χ2n) is 6.43. The molecule has 1 aliphatic carbocycles. The number of piperidine rings is 1. The van der Waals surface area contributed by atoms with Crippen molar-refractivity contribution in [3.05, 3.63) is 29.8 Å². The van der Waals surface area contributed by atoms with Crippen LogP contribution in [-0.4, -0.2) is 44.2 Å². The third-order valence-corrected chi connectivity index (χ3v) is 4.86. The number of carbonyl (C=O) groups excluding carboxylic acids is 1. The molecule has 2 atom stereocenters. The lowest BCUT2D eigenvalue weighted by Crippen LogP contribution is -2.47. The van der Waals surface area contributed by atoms with Gasteiger partial charge < -0.3 is 14.4 Å². The van der Waals surface area contributed by atoms with E-state index in [1.54, 1.807) is 14.2 Å². The van der Waals surface area contributed by atoms with E-state index < -0.39 is 0 Å². The predicted molar refractivity (Wildman–Crippen MR) is 84.9 cm³/mol. The molecular weight excluding hydrogens is 278 g/mol. The Labute approximate surface area is 132 Å². The van der Waals surface area contributed by atoms with Gasteiger partial charge in [-0.25, -0.2) is 0 Å². The number of benzene rings is 1. The highest BCUT2D eigenvalue weighted by molar-refractivity contribution is 5.81. The van der Waals surface area contributed by atoms with Gasteiger partial charge in [-0.3, -0.25) is 4.79 Å². The van der Waals surface area contributed by atoms with Gasteiger partial charge in [0.2, 0.25) is 5.91 Å². The smallest absolute Gasteiger partial charge is 0.225 e. The number of hydrogen-bond donors (Lipinski definition) is 0. The lowest BCUT2D eigenvalue weighted by molar-refractivity contribution is -0.137. The Bertz CT molecular complexity index is 510. The zero-order valence-electron chi connectivity index (χ0n) is 13.5. The van der Waals surface area contributed by atoms with Crippen molar-refractivity contribution in [1.82, 2.24) is 4.90 Å². The van der Waals surface area contributed by atoms with E-state index in [-0.39, 0.29) is 6.10 Å². The molecule has 2 fully saturated rings. The highest BCUT2D eigenvalue weighted by atomic mass is 16.5. The first-order valence-corrected chi connectivity index (χ1v) is 8.15. The average molecular weight is 303 g/mol. The maximum atomic E-state index is 12.3. The lowest BCUT2D eigenvalue weighted by atomic mass is 9.88. The largest absolute Gasteiger partial charge is 0.497 e. The fourth-order valence-corrected chi connectivity index (χ4v) is 3.37. The van der Waals surface area contributed by atoms with Crippen molar-refractivity contribution < 1.29 is 14.3 Å². The minimum atomic E-state index is 0.241. The molecule has 4 heteroatoms. The van der Waals surface area contributed by atoms with Gasteiger partial charge in [0, 0.05) is 32.0 Å². The maximum absolute atomic E-state index is 12.3. The van der Waals surface area contributed by atoms with Gasteiger partial charge in [0.25, 0.3) is 0 Å². The fourth-order valence-electron chi connectivity index (χ4n) is 3.37. The Morgan fingerprint density at radius 1 is 1.18 bits per heavy atom. The molecule has 0 aromatic heterocycles. The third kappa shape index (κ3) is 3.43. The van der Waals surface area contributed by atoms with Crippen LogP contribution in [0.1, 0.15) is 24.8 Å². The molecule has 0 radical (unpaired) electrons. The van der Waals surface area contributed by atoms with Crippen molar-refractivity contribution >= 4 is 5.91 Å². The predicted octanol–water partition coefficient (Wildman–Crippen LogP) is 2.51. The van der Waals surface area contributed by atoms with Gasteiger partial charge in [-0.1, -0.05) is 12.1 Å². The molecule has 120 valence electrons. The number of carbonyl (C=O) groups is 1. The van der Waals surface area contributed by atoms with Crippen LogP contribution in [0.25, 0.3) is 0 Å². The Morgan fingerprint density at radius 3 is 2.50 bits per heavy atom. The van der Waals surface area contributed by atoms with Crippen LogP contribution in [0, 0.1) is 11.8 Å². The first-order chi connectivity index (χ1) is 10.7. The molecule has 0 bridgehead atoms. The summed E-state index contributed by atoms with van der Waals surface area (Å²) in [5.74, 6) is 1.91. The quantitative estimate of drug-likeness (QED) is 0.839. The van der Waals surface area contributed by atoms with Crippen molar-refractivity contribution in [3.63, 3.8) is 0 Å². The number of methoxy groups -OCH3 is 2. The van der Waals surface area contributed by atoms with E-state index in [1.807, 2.05) is 12.1 Å². The van der Waals surface area contributed by atoms with Crippen molar-refractivity contribution in [2.45, 2.75) is 31.8 Å². The van der Waals surface area contributed by atoms with Crippen molar-refractivity contribution in [2.75, 3.05) is 27.3 Å². The molecule has 1 aliphatic heterocycles. The van der Waals surface area contributed by atoms with Crippen LogP contribution in [0.4, 0.5) is 0 Å². The number of amides is 1. The molecular formula is C18H25NO3. The van der Waals surface area contributed by atoms with Gasteiger partial charge in [-0.05, 0) is 43.4 Å². The Kier molecular flexibility index (Phi) is 4.67. The highest BCUT2D eigenvalue weighted by Crippen LogP contribution is 2.33. The van der Waals surface area contributed by atoms with Crippen molar-refractivity contribution in [2.24, 2.45) is 11.8 Å². The van der Waals surface area contributed by atoms with E-state index in [4.69, 9.17) is 9.47 Å². The molecule has 1 heterocycles. The van der Waals surface area contributed by atoms with E-state index in [2.05, 4.69) is 17.0 Å². The normalized spacial score (nSPS) is 25.1. The number of ether oxygens (including phenoxy) is 2. The summed E-state index contributed by atoms with van der Waals surface area (Å²) in [5.41, 5.74) is 1.27. The molecule has 0 spiro atoms. The summed E-state index contributed by atoms with van der Waals surface area (Å²) in [5, 5.41) is 0. The summed E-state index contributed by atoms with van der Waals surface area (Å²) in [6, 6.07) is 8.20. The van der Waals surface area contributed by atoms with Crippen LogP contribution >= 0.6 is 0 Å². The van der Waals surface area contributed by atoms with Crippen LogP contribution in [0.15, 0.2) is 24.3 Å². The first-order valence-electron chi connectivity index (χ1n) is 8.15. The van der Waals surface area contributed by atoms with Gasteiger partial charge in [0.15, 0.2) is 0 Å². The van der Waals surface area contributed by atoms with Crippen LogP contribution in [0.5, 0.6) is 5.75 Å². The second kappa shape index (κ2) is 6.69. The van der Waals surface area contributed by atoms with Crippen LogP contribution < -0.4 is 4.74 Å². The molecule has 1 amide bonds. The number of nitrogens with zero attached hydrogens (tertiary/aromatic N) is 1. The van der Waals surface area contributed by atoms with E-state index in [9.17, 15) is 4.79 Å². The van der Waals surface area contributed by atoms with E-state index in [0.29, 0.717) is 17.7 Å². The zero-order chi connectivity index (χ0) is 15.5. The molecule has 0 unspecified atom stereocenters. The fraction of sp³-hybridized carbons (Fsp3) is 0.611. The summed E-state index contributed by atoms with van der Waals surface area (Å²) in [6.45, 7) is 1.66. The van der Waals surface area contributed by atoms with Crippen LogP contribution in [0.2, 0.25) is 0 Å². The Balaban J connectivity index is 1.65. The third-order valence-electron chi connectivity index (χ3n) is 4.86. The molecule has 0 N–H and O–H groups in total. The van der Waals surface area contributed by atoms with Crippen LogP contribution in [0.3, 0.4) is 0 Å². The molecule has 22 heavy (non-hydrogen) atoms. The SMILES string of the molecule is COc1ccc(C[C@@H]2CN(C(=O)C3CC3)CC[C@H]2OC)cc1. The van der Waals surface area contributed by atoms with Crippen LogP contribution in [-0.2, 0) is 16.0 Å². The summed E-state index contributed by atoms with van der Waals surface area (Å²) < 4.78 is 10.9. The van der Waals surface area contributed by atoms with Crippen molar-refractivity contribution in [1.29, 1.82) is 0 Å². The zero-order valence-corrected chi connectivity index (χ0v) is 13.5. The molecule has 1 aromatic rings. The topological polar surface area (TPSA) is 38.8 Å². The van der Waals surface area contributed by atoms with E-state index >= 15 is 0 Å². The molecule has 4 nitrogen and oxygen atoms in total. The number of hydrogen-bond acceptors (Lipinski definition) is 3.